The number of methoxy groups -OCH3 is 1. The molecular weight excluding hydrogens is 304 g/mol. The normalized spacial score (nSPS) is 16.2. The number of dihydropyridines is 1. The van der Waals surface area contributed by atoms with E-state index < -0.39 is 5.92 Å². The van der Waals surface area contributed by atoms with Crippen LogP contribution in [-0.4, -0.2) is 13.0 Å². The summed E-state index contributed by atoms with van der Waals surface area (Å²) < 4.78 is 5.10. The maximum atomic E-state index is 9.56. The van der Waals surface area contributed by atoms with Crippen molar-refractivity contribution in [2.45, 2.75) is 5.92 Å². The van der Waals surface area contributed by atoms with Gasteiger partial charge in [-0.3, -0.25) is 0 Å². The van der Waals surface area contributed by atoms with E-state index in [1.54, 1.807) is 36.2 Å². The number of hydrogen-bond donors (Lipinski definition) is 2. The molecule has 0 spiro atoms. The van der Waals surface area contributed by atoms with Crippen molar-refractivity contribution in [3.05, 3.63) is 63.5 Å². The highest BCUT2D eigenvalue weighted by Gasteiger charge is 2.32. The number of hydrogen-bond acceptors (Lipinski definition) is 6. The number of nitriles is 3. The van der Waals surface area contributed by atoms with Crippen LogP contribution in [0, 0.1) is 34.0 Å². The van der Waals surface area contributed by atoms with Gasteiger partial charge in [0.15, 0.2) is 0 Å². The average molecular weight is 315 g/mol. The minimum Gasteiger partial charge on any atom is -0.762 e. The second kappa shape index (κ2) is 6.85. The predicted octanol–water partition coefficient (Wildman–Crippen LogP) is 1.54. The van der Waals surface area contributed by atoms with Gasteiger partial charge in [-0.15, -0.1) is 0 Å². The number of nitrogens with zero attached hydrogens (tertiary/aromatic N) is 4. The number of nitrogens with two attached hydrogens (primary N) is 1. The highest BCUT2D eigenvalue weighted by molar-refractivity contribution is 5.75. The second-order valence-electron chi connectivity index (χ2n) is 4.77. The lowest BCUT2D eigenvalue weighted by Gasteiger charge is -2.26. The number of allylic oxidation sites excluding steroid dienone is 3. The maximum absolute atomic E-state index is 9.56. The van der Waals surface area contributed by atoms with Crippen molar-refractivity contribution in [3.8, 4) is 24.0 Å². The number of benzene rings is 1. The Bertz CT molecular complexity index is 912. The van der Waals surface area contributed by atoms with Crippen LogP contribution in [0.4, 0.5) is 0 Å². The summed E-state index contributed by atoms with van der Waals surface area (Å²) in [5, 5.41) is 39.8. The van der Waals surface area contributed by atoms with E-state index in [1.807, 2.05) is 12.1 Å². The molecule has 0 bridgehead atoms. The van der Waals surface area contributed by atoms with E-state index >= 15 is 0 Å². The van der Waals surface area contributed by atoms with Crippen LogP contribution >= 0.6 is 0 Å². The SMILES string of the molecule is COc1ccc(C2C(C#N)=C(N)NC(C(=C=[N-])C#N)=C2C#N)cc1. The Morgan fingerprint density at radius 3 is 2.25 bits per heavy atom. The fraction of sp³-hybridized carbons (Fsp3) is 0.118. The lowest BCUT2D eigenvalue weighted by atomic mass is 9.81. The van der Waals surface area contributed by atoms with E-state index in [0.29, 0.717) is 11.3 Å². The third kappa shape index (κ3) is 2.69. The third-order valence-electron chi connectivity index (χ3n) is 3.56. The first kappa shape index (κ1) is 16.4. The molecule has 1 aromatic carbocycles. The minimum atomic E-state index is -0.765. The average Bonchev–Trinajstić information content (AvgIpc) is 2.62. The molecule has 7 nitrogen and oxygen atoms in total. The number of rotatable bonds is 3. The van der Waals surface area contributed by atoms with Crippen LogP contribution in [0.15, 0.2) is 52.5 Å². The standard InChI is InChI=1S/C17H11N6O/c1-24-12-4-2-10(3-5-12)15-13(8-20)16(11(6-18)7-19)23-17(22)14(15)9-21/h2-5,15,23H,22H2,1H3/q-1. The summed E-state index contributed by atoms with van der Waals surface area (Å²) in [7, 11) is 1.53. The van der Waals surface area contributed by atoms with Crippen molar-refractivity contribution >= 4 is 5.87 Å². The lowest BCUT2D eigenvalue weighted by molar-refractivity contribution is 0.414. The Hall–Kier alpha value is -3.98. The Morgan fingerprint density at radius 2 is 1.79 bits per heavy atom. The van der Waals surface area contributed by atoms with Gasteiger partial charge in [0.2, 0.25) is 0 Å². The first-order valence-corrected chi connectivity index (χ1v) is 6.73. The quantitative estimate of drug-likeness (QED) is 0.640. The molecule has 7 heteroatoms. The fourth-order valence-corrected chi connectivity index (χ4v) is 2.42. The summed E-state index contributed by atoms with van der Waals surface area (Å²) in [5.74, 6) is 1.59. The highest BCUT2D eigenvalue weighted by Crippen LogP contribution is 2.38. The molecule has 0 fully saturated rings. The number of nitrogens with one attached hydrogen (secondary N) is 1. The van der Waals surface area contributed by atoms with Crippen LogP contribution in [0.3, 0.4) is 0 Å². The molecule has 116 valence electrons. The summed E-state index contributed by atoms with van der Waals surface area (Å²) >= 11 is 0. The van der Waals surface area contributed by atoms with Gasteiger partial charge in [0.25, 0.3) is 0 Å². The van der Waals surface area contributed by atoms with Gasteiger partial charge in [0.1, 0.15) is 17.6 Å². The van der Waals surface area contributed by atoms with Crippen molar-refractivity contribution in [2.24, 2.45) is 5.73 Å². The molecule has 1 aromatic rings. The van der Waals surface area contributed by atoms with Gasteiger partial charge < -0.3 is 21.2 Å². The molecular formula is C17H11N6O-. The molecule has 3 N–H and O–H groups in total. The number of ether oxygens (including phenoxy) is 1. The molecule has 2 rings (SSSR count). The topological polar surface area (TPSA) is 141 Å². The van der Waals surface area contributed by atoms with E-state index in [0.717, 1.165) is 0 Å². The van der Waals surface area contributed by atoms with Gasteiger partial charge in [-0.2, -0.15) is 15.8 Å². The zero-order valence-electron chi connectivity index (χ0n) is 12.7. The second-order valence-corrected chi connectivity index (χ2v) is 4.77. The summed E-state index contributed by atoms with van der Waals surface area (Å²) in [6.45, 7) is 0. The summed E-state index contributed by atoms with van der Waals surface area (Å²) in [6, 6.07) is 12.5. The molecule has 0 aliphatic carbocycles. The summed E-state index contributed by atoms with van der Waals surface area (Å²) in [5.41, 5.74) is 6.49. The molecule has 1 unspecified atom stereocenters. The Labute approximate surface area is 138 Å². The summed E-state index contributed by atoms with van der Waals surface area (Å²) in [6.07, 6.45) is 0. The molecule has 0 aromatic heterocycles. The fourth-order valence-electron chi connectivity index (χ4n) is 2.42. The molecule has 1 aliphatic rings. The minimum absolute atomic E-state index is 0.00955. The van der Waals surface area contributed by atoms with E-state index in [4.69, 9.17) is 21.1 Å². The van der Waals surface area contributed by atoms with Gasteiger partial charge in [0, 0.05) is 0 Å². The molecule has 1 heterocycles. The van der Waals surface area contributed by atoms with E-state index in [-0.39, 0.29) is 28.2 Å². The lowest BCUT2D eigenvalue weighted by Crippen LogP contribution is -2.31. The van der Waals surface area contributed by atoms with E-state index in [2.05, 4.69) is 5.32 Å². The smallest absolute Gasteiger partial charge is 0.118 e. The first-order valence-electron chi connectivity index (χ1n) is 6.73. The third-order valence-corrected chi connectivity index (χ3v) is 3.56. The zero-order valence-corrected chi connectivity index (χ0v) is 12.7. The Kier molecular flexibility index (Phi) is 4.68. The molecule has 0 saturated carbocycles. The van der Waals surface area contributed by atoms with Crippen molar-refractivity contribution in [2.75, 3.05) is 7.11 Å². The van der Waals surface area contributed by atoms with Gasteiger partial charge in [-0.25, -0.2) is 5.87 Å². The molecule has 0 radical (unpaired) electrons. The highest BCUT2D eigenvalue weighted by atomic mass is 16.5. The van der Waals surface area contributed by atoms with E-state index in [9.17, 15) is 10.5 Å². The molecule has 24 heavy (non-hydrogen) atoms. The van der Waals surface area contributed by atoms with Crippen LogP contribution in [-0.2, 0) is 0 Å². The van der Waals surface area contributed by atoms with Crippen LogP contribution in [0.5, 0.6) is 5.75 Å². The van der Waals surface area contributed by atoms with Crippen LogP contribution in [0.2, 0.25) is 0 Å². The van der Waals surface area contributed by atoms with Gasteiger partial charge >= 0.3 is 0 Å². The Balaban J connectivity index is 2.72. The monoisotopic (exact) mass is 315 g/mol. The van der Waals surface area contributed by atoms with Gasteiger partial charge in [-0.1, -0.05) is 12.1 Å². The van der Waals surface area contributed by atoms with Crippen molar-refractivity contribution in [1.29, 1.82) is 15.8 Å². The van der Waals surface area contributed by atoms with Gasteiger partial charge in [-0.05, 0) is 17.7 Å². The Morgan fingerprint density at radius 1 is 1.17 bits per heavy atom. The van der Waals surface area contributed by atoms with Crippen LogP contribution < -0.4 is 15.8 Å². The maximum Gasteiger partial charge on any atom is 0.118 e. The predicted molar refractivity (Wildman–Crippen MR) is 85.8 cm³/mol. The summed E-state index contributed by atoms with van der Waals surface area (Å²) in [4.78, 5) is 0. The van der Waals surface area contributed by atoms with Gasteiger partial charge in [0.05, 0.1) is 47.6 Å². The largest absolute Gasteiger partial charge is 0.762 e. The molecule has 0 amide bonds. The molecule has 1 atom stereocenters. The van der Waals surface area contributed by atoms with Crippen LogP contribution in [0.1, 0.15) is 11.5 Å². The van der Waals surface area contributed by atoms with Crippen molar-refractivity contribution in [1.82, 2.24) is 5.32 Å². The zero-order chi connectivity index (χ0) is 17.7. The first-order chi connectivity index (χ1) is 11.6. The van der Waals surface area contributed by atoms with E-state index in [1.165, 1.54) is 7.11 Å². The molecule has 0 saturated heterocycles. The van der Waals surface area contributed by atoms with Crippen molar-refractivity contribution < 1.29 is 4.74 Å². The van der Waals surface area contributed by atoms with Crippen LogP contribution in [0.25, 0.3) is 5.41 Å². The molecule has 1 aliphatic heterocycles. The van der Waals surface area contributed by atoms with Crippen molar-refractivity contribution in [3.63, 3.8) is 0 Å².